The first-order chi connectivity index (χ1) is 13.7. The van der Waals surface area contributed by atoms with Crippen LogP contribution >= 0.6 is 11.9 Å². The van der Waals surface area contributed by atoms with Crippen molar-refractivity contribution >= 4 is 34.5 Å². The average Bonchev–Trinajstić information content (AvgIpc) is 3.20. The van der Waals surface area contributed by atoms with Crippen LogP contribution in [0.25, 0.3) is 28.2 Å². The van der Waals surface area contributed by atoms with Crippen LogP contribution in [0.5, 0.6) is 0 Å². The number of fused-ring (bicyclic) bond motifs is 1. The largest absolute Gasteiger partial charge is 0.457 e. The lowest BCUT2D eigenvalue weighted by atomic mass is 10.0. The van der Waals surface area contributed by atoms with Crippen molar-refractivity contribution in [1.82, 2.24) is 4.90 Å². The lowest BCUT2D eigenvalue weighted by Crippen LogP contribution is -2.44. The van der Waals surface area contributed by atoms with Gasteiger partial charge in [0.05, 0.1) is 0 Å². The molecule has 28 heavy (non-hydrogen) atoms. The van der Waals surface area contributed by atoms with Crippen molar-refractivity contribution in [3.05, 3.63) is 59.2 Å². The minimum Gasteiger partial charge on any atom is -0.457 e. The molecule has 0 unspecified atom stereocenters. The molecule has 0 radical (unpaired) electrons. The van der Waals surface area contributed by atoms with E-state index in [0.29, 0.717) is 10.7 Å². The molecule has 2 N–H and O–H groups in total. The molecule has 1 fully saturated rings. The summed E-state index contributed by atoms with van der Waals surface area (Å²) in [5, 5.41) is 16.9. The molecule has 5 nitrogen and oxygen atoms in total. The first-order valence-corrected chi connectivity index (χ1v) is 10.1. The molecule has 0 atom stereocenters. The number of furan rings is 1. The molecule has 6 heteroatoms. The lowest BCUT2D eigenvalue weighted by molar-refractivity contribution is 0.313. The summed E-state index contributed by atoms with van der Waals surface area (Å²) < 4.78 is 5.87. The third kappa shape index (κ3) is 3.92. The number of nitrogens with two attached hydrogens (primary N) is 1. The van der Waals surface area contributed by atoms with Crippen LogP contribution < -0.4 is 10.0 Å². The SMILES string of the molecule is CN1CCN(c2ccc3cc(-c4ccc(/C=C(\C#N)SN)o4)ccc3c2)CC1. The molecule has 3 aromatic rings. The summed E-state index contributed by atoms with van der Waals surface area (Å²) in [6.45, 7) is 4.33. The molecular weight excluding hydrogens is 368 g/mol. The predicted molar refractivity (Wildman–Crippen MR) is 117 cm³/mol. The highest BCUT2D eigenvalue weighted by molar-refractivity contribution is 8.01. The van der Waals surface area contributed by atoms with E-state index >= 15 is 0 Å². The van der Waals surface area contributed by atoms with Crippen LogP contribution in [0.15, 0.2) is 57.9 Å². The van der Waals surface area contributed by atoms with Gasteiger partial charge < -0.3 is 14.2 Å². The van der Waals surface area contributed by atoms with E-state index < -0.39 is 0 Å². The molecule has 0 amide bonds. The summed E-state index contributed by atoms with van der Waals surface area (Å²) >= 11 is 0.918. The summed E-state index contributed by atoms with van der Waals surface area (Å²) in [6.07, 6.45) is 1.65. The first kappa shape index (κ1) is 18.6. The number of hydrogen-bond acceptors (Lipinski definition) is 6. The molecule has 1 saturated heterocycles. The molecule has 4 rings (SSSR count). The zero-order valence-electron chi connectivity index (χ0n) is 15.8. The van der Waals surface area contributed by atoms with Crippen LogP contribution in [-0.4, -0.2) is 38.1 Å². The zero-order chi connectivity index (χ0) is 19.5. The predicted octanol–water partition coefficient (Wildman–Crippen LogP) is 4.32. The van der Waals surface area contributed by atoms with Gasteiger partial charge in [-0.1, -0.05) is 18.2 Å². The Hall–Kier alpha value is -2.72. The normalized spacial score (nSPS) is 15.8. The highest BCUT2D eigenvalue weighted by atomic mass is 32.2. The summed E-state index contributed by atoms with van der Waals surface area (Å²) in [6, 6.07) is 18.8. The summed E-state index contributed by atoms with van der Waals surface area (Å²) in [4.78, 5) is 5.22. The van der Waals surface area contributed by atoms with E-state index in [2.05, 4.69) is 53.2 Å². The molecule has 2 aromatic carbocycles. The molecule has 0 saturated carbocycles. The van der Waals surface area contributed by atoms with Gasteiger partial charge in [-0.05, 0) is 60.1 Å². The van der Waals surface area contributed by atoms with E-state index in [9.17, 15) is 0 Å². The average molecular weight is 391 g/mol. The Morgan fingerprint density at radius 3 is 2.57 bits per heavy atom. The second-order valence-corrected chi connectivity index (χ2v) is 7.65. The van der Waals surface area contributed by atoms with Crippen molar-refractivity contribution in [2.75, 3.05) is 38.1 Å². The van der Waals surface area contributed by atoms with Crippen molar-refractivity contribution in [1.29, 1.82) is 5.26 Å². The van der Waals surface area contributed by atoms with Gasteiger partial charge in [0.15, 0.2) is 0 Å². The number of anilines is 1. The fourth-order valence-electron chi connectivity index (χ4n) is 3.46. The number of allylic oxidation sites excluding steroid dienone is 1. The third-order valence-corrected chi connectivity index (χ3v) is 5.58. The molecule has 142 valence electrons. The van der Waals surface area contributed by atoms with Crippen molar-refractivity contribution in [2.24, 2.45) is 5.14 Å². The second kappa shape index (κ2) is 8.11. The van der Waals surface area contributed by atoms with Gasteiger partial charge in [-0.2, -0.15) is 5.26 Å². The monoisotopic (exact) mass is 390 g/mol. The standard InChI is InChI=1S/C22H22N4OS/c1-25-8-10-26(11-9-25)19-5-4-16-12-18(3-2-17(16)13-19)22-7-6-20(27-22)14-21(15-23)28-24/h2-7,12-14H,8-11,24H2,1H3/b21-14+. The fraction of sp³-hybridized carbons (Fsp3) is 0.227. The molecule has 1 aliphatic rings. The molecule has 0 bridgehead atoms. The number of piperazine rings is 1. The highest BCUT2D eigenvalue weighted by Crippen LogP contribution is 2.29. The lowest BCUT2D eigenvalue weighted by Gasteiger charge is -2.34. The summed E-state index contributed by atoms with van der Waals surface area (Å²) in [5.74, 6) is 1.39. The molecule has 0 aliphatic carbocycles. The van der Waals surface area contributed by atoms with Gasteiger partial charge in [0.1, 0.15) is 22.5 Å². The van der Waals surface area contributed by atoms with E-state index in [0.717, 1.165) is 49.5 Å². The number of benzene rings is 2. The number of likely N-dealkylation sites (N-methyl/N-ethyl adjacent to an activating group) is 1. The smallest absolute Gasteiger partial charge is 0.134 e. The number of nitriles is 1. The van der Waals surface area contributed by atoms with E-state index in [-0.39, 0.29) is 0 Å². The second-order valence-electron chi connectivity index (χ2n) is 6.98. The summed E-state index contributed by atoms with van der Waals surface area (Å²) in [5.41, 5.74) is 2.29. The summed E-state index contributed by atoms with van der Waals surface area (Å²) in [7, 11) is 2.17. The van der Waals surface area contributed by atoms with Crippen LogP contribution in [-0.2, 0) is 0 Å². The van der Waals surface area contributed by atoms with Crippen LogP contribution in [0.1, 0.15) is 5.76 Å². The quantitative estimate of drug-likeness (QED) is 0.528. The minimum absolute atomic E-state index is 0.413. The Morgan fingerprint density at radius 2 is 1.82 bits per heavy atom. The van der Waals surface area contributed by atoms with Crippen molar-refractivity contribution < 1.29 is 4.42 Å². The molecule has 1 aromatic heterocycles. The Balaban J connectivity index is 1.59. The number of rotatable bonds is 4. The Kier molecular flexibility index (Phi) is 5.40. The van der Waals surface area contributed by atoms with Gasteiger partial charge in [0, 0.05) is 43.5 Å². The van der Waals surface area contributed by atoms with Gasteiger partial charge in [0.25, 0.3) is 0 Å². The van der Waals surface area contributed by atoms with E-state index in [1.54, 1.807) is 6.08 Å². The molecule has 0 spiro atoms. The van der Waals surface area contributed by atoms with Gasteiger partial charge in [-0.15, -0.1) is 0 Å². The third-order valence-electron chi connectivity index (χ3n) is 5.11. The highest BCUT2D eigenvalue weighted by Gasteiger charge is 2.14. The Bertz CT molecular complexity index is 1060. The number of nitrogens with zero attached hydrogens (tertiary/aromatic N) is 3. The van der Waals surface area contributed by atoms with Crippen molar-refractivity contribution in [3.63, 3.8) is 0 Å². The topological polar surface area (TPSA) is 69.4 Å². The van der Waals surface area contributed by atoms with E-state index in [4.69, 9.17) is 14.8 Å². The van der Waals surface area contributed by atoms with E-state index in [1.165, 1.54) is 16.5 Å². The number of hydrogen-bond donors (Lipinski definition) is 1. The molecule has 2 heterocycles. The van der Waals surface area contributed by atoms with Gasteiger partial charge >= 0.3 is 0 Å². The first-order valence-electron chi connectivity index (χ1n) is 9.22. The molecular formula is C22H22N4OS. The van der Waals surface area contributed by atoms with Crippen LogP contribution in [0.2, 0.25) is 0 Å². The van der Waals surface area contributed by atoms with Gasteiger partial charge in [-0.25, -0.2) is 0 Å². The Labute approximate surface area is 169 Å². The van der Waals surface area contributed by atoms with Crippen LogP contribution in [0.3, 0.4) is 0 Å². The van der Waals surface area contributed by atoms with E-state index in [1.807, 2.05) is 18.2 Å². The van der Waals surface area contributed by atoms with Crippen molar-refractivity contribution in [2.45, 2.75) is 0 Å². The van der Waals surface area contributed by atoms with Gasteiger partial charge in [-0.3, -0.25) is 5.14 Å². The fourth-order valence-corrected chi connectivity index (χ4v) is 3.69. The van der Waals surface area contributed by atoms with Crippen molar-refractivity contribution in [3.8, 4) is 17.4 Å². The minimum atomic E-state index is 0.413. The zero-order valence-corrected chi connectivity index (χ0v) is 16.6. The van der Waals surface area contributed by atoms with Gasteiger partial charge in [0.2, 0.25) is 0 Å². The van der Waals surface area contributed by atoms with Crippen LogP contribution in [0, 0.1) is 11.3 Å². The maximum atomic E-state index is 8.99. The maximum absolute atomic E-state index is 8.99. The Morgan fingerprint density at radius 1 is 1.07 bits per heavy atom. The van der Waals surface area contributed by atoms with Crippen LogP contribution in [0.4, 0.5) is 5.69 Å². The molecule has 1 aliphatic heterocycles. The maximum Gasteiger partial charge on any atom is 0.134 e.